The van der Waals surface area contributed by atoms with Gasteiger partial charge in [0.15, 0.2) is 0 Å². The summed E-state index contributed by atoms with van der Waals surface area (Å²) in [7, 11) is 1.56. The normalized spacial score (nSPS) is 9.88. The molecule has 0 radical (unpaired) electrons. The second kappa shape index (κ2) is 4.80. The first kappa shape index (κ1) is 12.3. The lowest BCUT2D eigenvalue weighted by molar-refractivity contribution is -0.116. The predicted octanol–water partition coefficient (Wildman–Crippen LogP) is 0.355. The molecule has 0 saturated heterocycles. The SMILES string of the molecule is CN(CC(N)=O)c1cc(C(=O)O)cc(Cl)n1. The van der Waals surface area contributed by atoms with Crippen LogP contribution in [0.5, 0.6) is 0 Å². The van der Waals surface area contributed by atoms with Crippen LogP contribution in [0.25, 0.3) is 0 Å². The smallest absolute Gasteiger partial charge is 0.335 e. The first-order chi connectivity index (χ1) is 7.40. The first-order valence-corrected chi connectivity index (χ1v) is 4.68. The molecule has 1 aromatic heterocycles. The zero-order chi connectivity index (χ0) is 12.3. The molecule has 0 aliphatic carbocycles. The molecule has 16 heavy (non-hydrogen) atoms. The largest absolute Gasteiger partial charge is 0.478 e. The minimum Gasteiger partial charge on any atom is -0.478 e. The van der Waals surface area contributed by atoms with Crippen LogP contribution in [0.2, 0.25) is 5.15 Å². The number of anilines is 1. The number of aromatic carboxylic acids is 1. The Kier molecular flexibility index (Phi) is 3.68. The second-order valence-corrected chi connectivity index (χ2v) is 3.55. The van der Waals surface area contributed by atoms with Gasteiger partial charge in [0.1, 0.15) is 11.0 Å². The number of nitrogens with zero attached hydrogens (tertiary/aromatic N) is 2. The lowest BCUT2D eigenvalue weighted by atomic mass is 10.2. The van der Waals surface area contributed by atoms with Crippen molar-refractivity contribution >= 4 is 29.3 Å². The van der Waals surface area contributed by atoms with Gasteiger partial charge in [-0.2, -0.15) is 0 Å². The molecule has 3 N–H and O–H groups in total. The Balaban J connectivity index is 3.04. The van der Waals surface area contributed by atoms with Crippen molar-refractivity contribution in [3.8, 4) is 0 Å². The van der Waals surface area contributed by atoms with E-state index in [9.17, 15) is 9.59 Å². The Morgan fingerprint density at radius 3 is 2.69 bits per heavy atom. The first-order valence-electron chi connectivity index (χ1n) is 4.30. The number of hydrogen-bond donors (Lipinski definition) is 2. The number of hydrogen-bond acceptors (Lipinski definition) is 4. The molecule has 0 atom stereocenters. The minimum absolute atomic E-state index is 0.00585. The summed E-state index contributed by atoms with van der Waals surface area (Å²) in [6.07, 6.45) is 0. The van der Waals surface area contributed by atoms with E-state index in [0.29, 0.717) is 0 Å². The number of carboxylic acids is 1. The fraction of sp³-hybridized carbons (Fsp3) is 0.222. The van der Waals surface area contributed by atoms with Gasteiger partial charge < -0.3 is 15.7 Å². The summed E-state index contributed by atoms with van der Waals surface area (Å²) in [6, 6.07) is 2.54. The monoisotopic (exact) mass is 243 g/mol. The number of rotatable bonds is 4. The van der Waals surface area contributed by atoms with E-state index in [2.05, 4.69) is 4.98 Å². The van der Waals surface area contributed by atoms with Gasteiger partial charge >= 0.3 is 5.97 Å². The van der Waals surface area contributed by atoms with Gasteiger partial charge in [-0.1, -0.05) is 11.6 Å². The van der Waals surface area contributed by atoms with E-state index in [0.717, 1.165) is 0 Å². The van der Waals surface area contributed by atoms with E-state index in [1.165, 1.54) is 17.0 Å². The summed E-state index contributed by atoms with van der Waals surface area (Å²) < 4.78 is 0. The third-order valence-electron chi connectivity index (χ3n) is 1.81. The van der Waals surface area contributed by atoms with Crippen molar-refractivity contribution in [1.29, 1.82) is 0 Å². The lowest BCUT2D eigenvalue weighted by Crippen LogP contribution is -2.31. The van der Waals surface area contributed by atoms with Gasteiger partial charge in [-0.15, -0.1) is 0 Å². The van der Waals surface area contributed by atoms with E-state index in [1.807, 2.05) is 0 Å². The molecule has 1 rings (SSSR count). The summed E-state index contributed by atoms with van der Waals surface area (Å²) >= 11 is 5.66. The molecule has 1 amide bonds. The fourth-order valence-electron chi connectivity index (χ4n) is 1.12. The molecule has 1 aromatic rings. The highest BCUT2D eigenvalue weighted by molar-refractivity contribution is 6.29. The van der Waals surface area contributed by atoms with Crippen LogP contribution in [0.3, 0.4) is 0 Å². The molecule has 0 saturated carbocycles. The van der Waals surface area contributed by atoms with E-state index in [4.69, 9.17) is 22.4 Å². The van der Waals surface area contributed by atoms with Crippen molar-refractivity contribution in [3.63, 3.8) is 0 Å². The Hall–Kier alpha value is -1.82. The van der Waals surface area contributed by atoms with E-state index >= 15 is 0 Å². The van der Waals surface area contributed by atoms with Crippen molar-refractivity contribution < 1.29 is 14.7 Å². The van der Waals surface area contributed by atoms with Crippen LogP contribution in [0, 0.1) is 0 Å². The van der Waals surface area contributed by atoms with E-state index in [1.54, 1.807) is 7.05 Å². The van der Waals surface area contributed by atoms with Gasteiger partial charge in [0.05, 0.1) is 12.1 Å². The standard InChI is InChI=1S/C9H10ClN3O3/c1-13(4-7(11)14)8-3-5(9(15)16)2-6(10)12-8/h2-3H,4H2,1H3,(H2,11,14)(H,15,16). The summed E-state index contributed by atoms with van der Waals surface area (Å²) in [5, 5.41) is 8.85. The number of carbonyl (C=O) groups is 2. The third-order valence-corrected chi connectivity index (χ3v) is 2.01. The van der Waals surface area contributed by atoms with Crippen LogP contribution in [0.15, 0.2) is 12.1 Å². The molecule has 0 bridgehead atoms. The van der Waals surface area contributed by atoms with Crippen molar-refractivity contribution in [1.82, 2.24) is 4.98 Å². The molecule has 0 aliphatic rings. The van der Waals surface area contributed by atoms with Gasteiger partial charge in [-0.05, 0) is 12.1 Å². The molecule has 6 nitrogen and oxygen atoms in total. The van der Waals surface area contributed by atoms with Crippen molar-refractivity contribution in [2.45, 2.75) is 0 Å². The van der Waals surface area contributed by atoms with Crippen LogP contribution in [0.4, 0.5) is 5.82 Å². The number of carbonyl (C=O) groups excluding carboxylic acids is 1. The topological polar surface area (TPSA) is 96.5 Å². The fourth-order valence-corrected chi connectivity index (χ4v) is 1.32. The minimum atomic E-state index is -1.11. The number of aromatic nitrogens is 1. The zero-order valence-electron chi connectivity index (χ0n) is 8.48. The summed E-state index contributed by atoms with van der Waals surface area (Å²) in [6.45, 7) is -0.0631. The van der Waals surface area contributed by atoms with Crippen LogP contribution >= 0.6 is 11.6 Å². The molecule has 0 fully saturated rings. The van der Waals surface area contributed by atoms with Gasteiger partial charge in [-0.3, -0.25) is 4.79 Å². The van der Waals surface area contributed by atoms with Gasteiger partial charge in [-0.25, -0.2) is 9.78 Å². The Labute approximate surface area is 96.6 Å². The molecule has 0 aliphatic heterocycles. The molecule has 7 heteroatoms. The van der Waals surface area contributed by atoms with Crippen LogP contribution in [-0.2, 0) is 4.79 Å². The van der Waals surface area contributed by atoms with Crippen molar-refractivity contribution in [2.75, 3.05) is 18.5 Å². The average Bonchev–Trinajstić information content (AvgIpc) is 2.15. The van der Waals surface area contributed by atoms with Crippen molar-refractivity contribution in [2.24, 2.45) is 5.73 Å². The molecular formula is C9H10ClN3O3. The maximum absolute atomic E-state index is 10.8. The number of pyridine rings is 1. The molecule has 1 heterocycles. The molecule has 0 spiro atoms. The maximum atomic E-state index is 10.8. The number of likely N-dealkylation sites (N-methyl/N-ethyl adjacent to an activating group) is 1. The zero-order valence-corrected chi connectivity index (χ0v) is 9.23. The van der Waals surface area contributed by atoms with Crippen molar-refractivity contribution in [3.05, 3.63) is 22.8 Å². The molecular weight excluding hydrogens is 234 g/mol. The second-order valence-electron chi connectivity index (χ2n) is 3.16. The highest BCUT2D eigenvalue weighted by atomic mass is 35.5. The predicted molar refractivity (Wildman–Crippen MR) is 58.7 cm³/mol. The molecule has 0 aromatic carbocycles. The van der Waals surface area contributed by atoms with E-state index in [-0.39, 0.29) is 23.1 Å². The summed E-state index contributed by atoms with van der Waals surface area (Å²) in [5.41, 5.74) is 5.01. The van der Waals surface area contributed by atoms with Crippen LogP contribution in [0.1, 0.15) is 10.4 Å². The highest BCUT2D eigenvalue weighted by Gasteiger charge is 2.11. The Morgan fingerprint density at radius 2 is 2.19 bits per heavy atom. The summed E-state index contributed by atoms with van der Waals surface area (Å²) in [5.74, 6) is -1.37. The number of amides is 1. The maximum Gasteiger partial charge on any atom is 0.335 e. The van der Waals surface area contributed by atoms with E-state index < -0.39 is 11.9 Å². The molecule has 0 unspecified atom stereocenters. The molecule has 86 valence electrons. The van der Waals surface area contributed by atoms with Crippen LogP contribution in [-0.4, -0.2) is 35.6 Å². The lowest BCUT2D eigenvalue weighted by Gasteiger charge is -2.16. The Bertz CT molecular complexity index is 436. The number of carboxylic acid groups (broad SMARTS) is 1. The number of primary amides is 1. The number of halogens is 1. The van der Waals surface area contributed by atoms with Gasteiger partial charge in [0.25, 0.3) is 0 Å². The summed E-state index contributed by atoms with van der Waals surface area (Å²) in [4.78, 5) is 26.8. The quantitative estimate of drug-likeness (QED) is 0.744. The van der Waals surface area contributed by atoms with Crippen LogP contribution < -0.4 is 10.6 Å². The van der Waals surface area contributed by atoms with Gasteiger partial charge in [0.2, 0.25) is 5.91 Å². The highest BCUT2D eigenvalue weighted by Crippen LogP contribution is 2.17. The number of nitrogens with two attached hydrogens (primary N) is 1. The average molecular weight is 244 g/mol. The third kappa shape index (κ3) is 3.09. The Morgan fingerprint density at radius 1 is 1.56 bits per heavy atom. The van der Waals surface area contributed by atoms with Gasteiger partial charge in [0, 0.05) is 7.05 Å².